The zero-order valence-electron chi connectivity index (χ0n) is 13.8. The van der Waals surface area contributed by atoms with Gasteiger partial charge in [0.2, 0.25) is 5.91 Å². The smallest absolute Gasteiger partial charge is 0.259 e. The molecule has 9 heteroatoms. The fourth-order valence-electron chi connectivity index (χ4n) is 2.25. The summed E-state index contributed by atoms with van der Waals surface area (Å²) in [4.78, 5) is 27.6. The van der Waals surface area contributed by atoms with E-state index in [9.17, 15) is 18.4 Å². The van der Waals surface area contributed by atoms with Crippen molar-refractivity contribution in [2.45, 2.75) is 6.92 Å². The zero-order valence-corrected chi connectivity index (χ0v) is 15.4. The number of rotatable bonds is 4. The molecule has 0 aliphatic carbocycles. The molecule has 0 spiro atoms. The number of anilines is 2. The van der Waals surface area contributed by atoms with Crippen LogP contribution in [0.2, 0.25) is 5.02 Å². The van der Waals surface area contributed by atoms with Gasteiger partial charge >= 0.3 is 0 Å². The van der Waals surface area contributed by atoms with Crippen LogP contribution in [-0.4, -0.2) is 16.8 Å². The van der Waals surface area contributed by atoms with Gasteiger partial charge in [-0.3, -0.25) is 14.9 Å². The summed E-state index contributed by atoms with van der Waals surface area (Å²) in [6.45, 7) is 1.42. The third-order valence-electron chi connectivity index (χ3n) is 3.48. The Balaban J connectivity index is 1.75. The van der Waals surface area contributed by atoms with Crippen molar-refractivity contribution in [3.63, 3.8) is 0 Å². The van der Waals surface area contributed by atoms with E-state index in [1.165, 1.54) is 18.3 Å². The molecule has 0 radical (unpaired) electrons. The summed E-state index contributed by atoms with van der Waals surface area (Å²) in [6.07, 6.45) is 0. The first-order valence-corrected chi connectivity index (χ1v) is 8.88. The monoisotopic (exact) mass is 407 g/mol. The Hall–Kier alpha value is -2.84. The molecule has 5 nitrogen and oxygen atoms in total. The molecule has 1 aromatic heterocycles. The summed E-state index contributed by atoms with van der Waals surface area (Å²) in [5.41, 5.74) is 1.86. The number of thiazole rings is 1. The second-order valence-electron chi connectivity index (χ2n) is 5.50. The highest BCUT2D eigenvalue weighted by Crippen LogP contribution is 2.27. The van der Waals surface area contributed by atoms with Gasteiger partial charge in [-0.15, -0.1) is 11.3 Å². The van der Waals surface area contributed by atoms with Crippen LogP contribution in [0.5, 0.6) is 0 Å². The predicted octanol–water partition coefficient (Wildman–Crippen LogP) is 4.95. The van der Waals surface area contributed by atoms with E-state index in [2.05, 4.69) is 15.6 Å². The number of aromatic nitrogens is 1. The van der Waals surface area contributed by atoms with Gasteiger partial charge < -0.3 is 5.32 Å². The Morgan fingerprint density at radius 2 is 1.74 bits per heavy atom. The minimum atomic E-state index is -1.16. The van der Waals surface area contributed by atoms with Gasteiger partial charge in [-0.05, 0) is 24.3 Å². The molecule has 0 atom stereocenters. The van der Waals surface area contributed by atoms with Crippen LogP contribution in [0, 0.1) is 11.6 Å². The lowest BCUT2D eigenvalue weighted by atomic mass is 10.1. The van der Waals surface area contributed by atoms with E-state index < -0.39 is 17.5 Å². The minimum absolute atomic E-state index is 0.169. The highest BCUT2D eigenvalue weighted by Gasteiger charge is 2.16. The molecule has 138 valence electrons. The van der Waals surface area contributed by atoms with Gasteiger partial charge in [0.1, 0.15) is 0 Å². The number of nitrogens with zero attached hydrogens (tertiary/aromatic N) is 1. The predicted molar refractivity (Wildman–Crippen MR) is 101 cm³/mol. The summed E-state index contributed by atoms with van der Waals surface area (Å²) in [5, 5.41) is 6.99. The molecule has 0 saturated heterocycles. The van der Waals surface area contributed by atoms with Gasteiger partial charge in [0.15, 0.2) is 16.8 Å². The fourth-order valence-corrected chi connectivity index (χ4v) is 3.20. The second-order valence-corrected chi connectivity index (χ2v) is 6.76. The maximum Gasteiger partial charge on any atom is 0.259 e. The maximum atomic E-state index is 13.3. The van der Waals surface area contributed by atoms with Crippen LogP contribution in [0.1, 0.15) is 17.3 Å². The molecule has 27 heavy (non-hydrogen) atoms. The quantitative estimate of drug-likeness (QED) is 0.601. The lowest BCUT2D eigenvalue weighted by Crippen LogP contribution is -2.13. The number of hydrogen-bond donors (Lipinski definition) is 2. The largest absolute Gasteiger partial charge is 0.326 e. The van der Waals surface area contributed by atoms with Crippen LogP contribution in [0.15, 0.2) is 41.8 Å². The van der Waals surface area contributed by atoms with Crippen molar-refractivity contribution in [2.75, 3.05) is 10.6 Å². The van der Waals surface area contributed by atoms with Crippen LogP contribution in [-0.2, 0) is 4.79 Å². The molecule has 2 N–H and O–H groups in total. The topological polar surface area (TPSA) is 71.1 Å². The van der Waals surface area contributed by atoms with Crippen LogP contribution >= 0.6 is 22.9 Å². The molecule has 0 unspecified atom stereocenters. The standard InChI is InChI=1S/C18H12ClF2N3O2S/c1-9(25)22-11-4-2-10(3-5-11)16-8-27-18(23-16)24-17(26)12-6-14(20)15(21)7-13(12)19/h2-8H,1H3,(H,22,25)(H,23,24,26). The maximum absolute atomic E-state index is 13.3. The third kappa shape index (κ3) is 4.47. The summed E-state index contributed by atoms with van der Waals surface area (Å²) in [7, 11) is 0. The molecule has 0 bridgehead atoms. The Labute approximate surface area is 162 Å². The molecule has 3 rings (SSSR count). The van der Waals surface area contributed by atoms with E-state index in [1.54, 1.807) is 29.6 Å². The summed E-state index contributed by atoms with van der Waals surface area (Å²) < 4.78 is 26.5. The minimum Gasteiger partial charge on any atom is -0.326 e. The van der Waals surface area contributed by atoms with E-state index in [1.807, 2.05) is 0 Å². The average molecular weight is 408 g/mol. The highest BCUT2D eigenvalue weighted by molar-refractivity contribution is 7.14. The van der Waals surface area contributed by atoms with Crippen LogP contribution in [0.3, 0.4) is 0 Å². The SMILES string of the molecule is CC(=O)Nc1ccc(-c2csc(NC(=O)c3cc(F)c(F)cc3Cl)n2)cc1. The molecule has 2 amide bonds. The fraction of sp³-hybridized carbons (Fsp3) is 0.0556. The van der Waals surface area contributed by atoms with E-state index in [4.69, 9.17) is 11.6 Å². The van der Waals surface area contributed by atoms with E-state index >= 15 is 0 Å². The van der Waals surface area contributed by atoms with Crippen molar-refractivity contribution in [3.05, 3.63) is 64.0 Å². The van der Waals surface area contributed by atoms with E-state index in [0.29, 0.717) is 11.4 Å². The zero-order chi connectivity index (χ0) is 19.6. The van der Waals surface area contributed by atoms with Gasteiger partial charge in [-0.25, -0.2) is 13.8 Å². The number of halogens is 3. The van der Waals surface area contributed by atoms with Gasteiger partial charge in [-0.2, -0.15) is 0 Å². The third-order valence-corrected chi connectivity index (χ3v) is 4.55. The van der Waals surface area contributed by atoms with Gasteiger partial charge in [0.05, 0.1) is 16.3 Å². The van der Waals surface area contributed by atoms with Crippen molar-refractivity contribution in [1.82, 2.24) is 4.98 Å². The number of benzene rings is 2. The first kappa shape index (κ1) is 18.9. The Bertz CT molecular complexity index is 1020. The van der Waals surface area contributed by atoms with Crippen LogP contribution in [0.4, 0.5) is 19.6 Å². The lowest BCUT2D eigenvalue weighted by Gasteiger charge is -2.05. The number of carbonyl (C=O) groups excluding carboxylic acids is 2. The summed E-state index contributed by atoms with van der Waals surface area (Å²) in [6, 6.07) is 8.50. The Morgan fingerprint density at radius 1 is 1.07 bits per heavy atom. The van der Waals surface area contributed by atoms with Gasteiger partial charge in [0.25, 0.3) is 5.91 Å². The van der Waals surface area contributed by atoms with Crippen LogP contribution in [0.25, 0.3) is 11.3 Å². The van der Waals surface area contributed by atoms with Gasteiger partial charge in [-0.1, -0.05) is 23.7 Å². The molecule has 2 aromatic carbocycles. The molecular formula is C18H12ClF2N3O2S. The van der Waals surface area contributed by atoms with Crippen LogP contribution < -0.4 is 10.6 Å². The Morgan fingerprint density at radius 3 is 2.41 bits per heavy atom. The number of hydrogen-bond acceptors (Lipinski definition) is 4. The molecule has 0 aliphatic rings. The van der Waals surface area contributed by atoms with Crippen molar-refractivity contribution >= 4 is 45.6 Å². The molecule has 0 fully saturated rings. The first-order chi connectivity index (χ1) is 12.8. The number of carbonyl (C=O) groups is 2. The summed E-state index contributed by atoms with van der Waals surface area (Å²) in [5.74, 6) is -3.16. The van der Waals surface area contributed by atoms with Gasteiger partial charge in [0, 0.05) is 23.6 Å². The molecular weight excluding hydrogens is 396 g/mol. The molecule has 3 aromatic rings. The molecule has 0 aliphatic heterocycles. The van der Waals surface area contributed by atoms with Crippen molar-refractivity contribution in [3.8, 4) is 11.3 Å². The Kier molecular flexibility index (Phi) is 5.48. The number of amides is 2. The van der Waals surface area contributed by atoms with E-state index in [0.717, 1.165) is 17.7 Å². The second kappa shape index (κ2) is 7.81. The number of nitrogens with one attached hydrogen (secondary N) is 2. The van der Waals surface area contributed by atoms with Crippen molar-refractivity contribution in [1.29, 1.82) is 0 Å². The molecule has 0 saturated carbocycles. The first-order valence-electron chi connectivity index (χ1n) is 7.63. The summed E-state index contributed by atoms with van der Waals surface area (Å²) >= 11 is 6.97. The van der Waals surface area contributed by atoms with Crippen molar-refractivity contribution < 1.29 is 18.4 Å². The normalized spacial score (nSPS) is 10.5. The molecule has 1 heterocycles. The lowest BCUT2D eigenvalue weighted by molar-refractivity contribution is -0.114. The average Bonchev–Trinajstić information content (AvgIpc) is 3.06. The van der Waals surface area contributed by atoms with E-state index in [-0.39, 0.29) is 21.6 Å². The highest BCUT2D eigenvalue weighted by atomic mass is 35.5. The van der Waals surface area contributed by atoms with Crippen molar-refractivity contribution in [2.24, 2.45) is 0 Å².